The van der Waals surface area contributed by atoms with E-state index in [0.717, 1.165) is 19.4 Å². The second-order valence-electron chi connectivity index (χ2n) is 10.5. The van der Waals surface area contributed by atoms with Crippen LogP contribution in [0.1, 0.15) is 129 Å². The lowest BCUT2D eigenvalue weighted by Gasteiger charge is -2.12. The number of nitrogens with zero attached hydrogens (tertiary/aromatic N) is 2. The summed E-state index contributed by atoms with van der Waals surface area (Å²) in [5, 5.41) is 0. The van der Waals surface area contributed by atoms with Gasteiger partial charge >= 0.3 is 5.97 Å². The molecule has 0 aliphatic carbocycles. The van der Waals surface area contributed by atoms with Gasteiger partial charge in [-0.1, -0.05) is 104 Å². The van der Waals surface area contributed by atoms with E-state index in [1.165, 1.54) is 108 Å². The molecule has 0 unspecified atom stereocenters. The zero-order valence-corrected chi connectivity index (χ0v) is 22.2. The number of carbonyl (C=O) groups is 1. The van der Waals surface area contributed by atoms with Gasteiger partial charge in [0.25, 0.3) is 0 Å². The molecule has 4 heteroatoms. The predicted octanol–water partition coefficient (Wildman–Crippen LogP) is 7.32. The summed E-state index contributed by atoms with van der Waals surface area (Å²) in [5.41, 5.74) is 1.35. The number of rotatable bonds is 20. The summed E-state index contributed by atoms with van der Waals surface area (Å²) in [7, 11) is 2.10. The van der Waals surface area contributed by atoms with Crippen LogP contribution in [0, 0.1) is 11.8 Å². The zero-order valence-electron chi connectivity index (χ0n) is 22.2. The van der Waals surface area contributed by atoms with Crippen molar-refractivity contribution in [2.45, 2.75) is 136 Å². The number of aryl methyl sites for hydroxylation is 2. The van der Waals surface area contributed by atoms with E-state index < -0.39 is 0 Å². The molecule has 0 amide bonds. The third-order valence-electron chi connectivity index (χ3n) is 7.52. The molecular weight excluding hydrogens is 408 g/mol. The van der Waals surface area contributed by atoms with Gasteiger partial charge < -0.3 is 4.74 Å². The first kappa shape index (κ1) is 27.9. The molecule has 2 rings (SSSR count). The minimum absolute atomic E-state index is 0.00258. The highest BCUT2D eigenvalue weighted by Crippen LogP contribution is 2.28. The van der Waals surface area contributed by atoms with Gasteiger partial charge in [0.2, 0.25) is 6.33 Å². The standard InChI is InChI=1S/C29H53N2O2/c1-4-6-7-8-9-10-11-12-13-14-15-16-17-18-19-20-21-31-25-30(3)23-27(31)22-26-24-33-29(32)28(26)5-2/h23,25-26,28H,4-22,24H2,1-3H3/q+1/t26-,28+/m1/s1. The number of unbranched alkanes of at least 4 members (excludes halogenated alkanes) is 15. The third-order valence-corrected chi connectivity index (χ3v) is 7.52. The fraction of sp³-hybridized carbons (Fsp3) is 0.862. The molecule has 0 radical (unpaired) electrons. The molecule has 1 aliphatic rings. The van der Waals surface area contributed by atoms with Gasteiger partial charge in [-0.15, -0.1) is 0 Å². The molecule has 1 aromatic rings. The number of cyclic esters (lactones) is 1. The first-order valence-electron chi connectivity index (χ1n) is 14.4. The molecule has 1 aromatic heterocycles. The fourth-order valence-electron chi connectivity index (χ4n) is 5.41. The van der Waals surface area contributed by atoms with Crippen LogP contribution in [-0.4, -0.2) is 17.1 Å². The van der Waals surface area contributed by atoms with E-state index in [2.05, 4.69) is 42.6 Å². The average Bonchev–Trinajstić information content (AvgIpc) is 3.34. The molecular formula is C29H53N2O2+. The summed E-state index contributed by atoms with van der Waals surface area (Å²) in [6, 6.07) is 0. The summed E-state index contributed by atoms with van der Waals surface area (Å²) in [5.74, 6) is 0.416. The molecule has 1 aliphatic heterocycles. The zero-order chi connectivity index (χ0) is 23.7. The van der Waals surface area contributed by atoms with Crippen LogP contribution in [0.4, 0.5) is 0 Å². The van der Waals surface area contributed by atoms with Gasteiger partial charge in [-0.3, -0.25) is 4.79 Å². The van der Waals surface area contributed by atoms with Crippen LogP contribution in [0.25, 0.3) is 0 Å². The van der Waals surface area contributed by atoms with E-state index in [9.17, 15) is 4.79 Å². The smallest absolute Gasteiger partial charge is 0.309 e. The summed E-state index contributed by atoms with van der Waals surface area (Å²) in [6.07, 6.45) is 28.8. The molecule has 0 N–H and O–H groups in total. The molecule has 0 spiro atoms. The molecule has 0 saturated carbocycles. The fourth-order valence-corrected chi connectivity index (χ4v) is 5.41. The third kappa shape index (κ3) is 11.1. The van der Waals surface area contributed by atoms with E-state index in [1.807, 2.05) is 0 Å². The highest BCUT2D eigenvalue weighted by Gasteiger charge is 2.36. The first-order valence-corrected chi connectivity index (χ1v) is 14.4. The molecule has 1 saturated heterocycles. The Bertz CT molecular complexity index is 640. The Balaban J connectivity index is 1.46. The van der Waals surface area contributed by atoms with Crippen LogP contribution >= 0.6 is 0 Å². The van der Waals surface area contributed by atoms with Crippen LogP contribution in [0.5, 0.6) is 0 Å². The summed E-state index contributed by atoms with van der Waals surface area (Å²) >= 11 is 0. The Morgan fingerprint density at radius 1 is 0.848 bits per heavy atom. The van der Waals surface area contributed by atoms with Crippen molar-refractivity contribution in [3.8, 4) is 0 Å². The molecule has 0 bridgehead atoms. The number of aromatic nitrogens is 2. The number of carbonyl (C=O) groups excluding carboxylic acids is 1. The van der Waals surface area contributed by atoms with E-state index in [-0.39, 0.29) is 11.9 Å². The lowest BCUT2D eigenvalue weighted by Crippen LogP contribution is -2.24. The largest absolute Gasteiger partial charge is 0.465 e. The van der Waals surface area contributed by atoms with E-state index in [1.54, 1.807) is 0 Å². The number of esters is 1. The van der Waals surface area contributed by atoms with Crippen LogP contribution in [0.3, 0.4) is 0 Å². The highest BCUT2D eigenvalue weighted by atomic mass is 16.5. The van der Waals surface area contributed by atoms with Crippen molar-refractivity contribution >= 4 is 5.97 Å². The minimum Gasteiger partial charge on any atom is -0.465 e. The Hall–Kier alpha value is -1.32. The minimum atomic E-state index is 0.00258. The number of hydrogen-bond acceptors (Lipinski definition) is 2. The van der Waals surface area contributed by atoms with Crippen molar-refractivity contribution in [2.75, 3.05) is 6.61 Å². The Labute approximate surface area is 204 Å². The van der Waals surface area contributed by atoms with Gasteiger partial charge in [-0.05, 0) is 19.3 Å². The van der Waals surface area contributed by atoms with Gasteiger partial charge in [-0.25, -0.2) is 9.13 Å². The van der Waals surface area contributed by atoms with E-state index in [4.69, 9.17) is 4.74 Å². The molecule has 4 nitrogen and oxygen atoms in total. The van der Waals surface area contributed by atoms with Gasteiger partial charge in [-0.2, -0.15) is 0 Å². The molecule has 2 heterocycles. The molecule has 2 atom stereocenters. The molecule has 33 heavy (non-hydrogen) atoms. The number of hydrogen-bond donors (Lipinski definition) is 0. The Morgan fingerprint density at radius 2 is 1.36 bits per heavy atom. The maximum Gasteiger partial charge on any atom is 0.309 e. The number of imidazole rings is 1. The van der Waals surface area contributed by atoms with E-state index >= 15 is 0 Å². The topological polar surface area (TPSA) is 35.1 Å². The molecule has 1 fully saturated rings. The first-order chi connectivity index (χ1) is 16.2. The predicted molar refractivity (Wildman–Crippen MR) is 137 cm³/mol. The summed E-state index contributed by atoms with van der Waals surface area (Å²) in [6.45, 7) is 6.07. The lowest BCUT2D eigenvalue weighted by molar-refractivity contribution is -0.671. The Kier molecular flexibility index (Phi) is 14.5. The van der Waals surface area contributed by atoms with E-state index in [0.29, 0.717) is 12.5 Å². The summed E-state index contributed by atoms with van der Waals surface area (Å²) < 4.78 is 9.88. The van der Waals surface area contributed by atoms with Crippen molar-refractivity contribution in [1.29, 1.82) is 0 Å². The van der Waals surface area contributed by atoms with Crippen LogP contribution in [0.2, 0.25) is 0 Å². The van der Waals surface area contributed by atoms with Crippen molar-refractivity contribution < 1.29 is 14.1 Å². The van der Waals surface area contributed by atoms with Gasteiger partial charge in [0.05, 0.1) is 26.1 Å². The van der Waals surface area contributed by atoms with Gasteiger partial charge in [0, 0.05) is 12.3 Å². The quantitative estimate of drug-likeness (QED) is 0.116. The van der Waals surface area contributed by atoms with Crippen LogP contribution in [-0.2, 0) is 29.5 Å². The highest BCUT2D eigenvalue weighted by molar-refractivity contribution is 5.74. The van der Waals surface area contributed by atoms with Crippen LogP contribution < -0.4 is 4.57 Å². The second-order valence-corrected chi connectivity index (χ2v) is 10.5. The SMILES string of the molecule is CCCCCCCCCCCCCCCCCCn1c[n+](C)cc1C[C@@H]1COC(=O)[C@H]1CC. The monoisotopic (exact) mass is 461 g/mol. The van der Waals surface area contributed by atoms with Crippen molar-refractivity contribution in [3.05, 3.63) is 18.2 Å². The normalized spacial score (nSPS) is 18.2. The number of ether oxygens (including phenoxy) is 1. The average molecular weight is 462 g/mol. The van der Waals surface area contributed by atoms with Crippen molar-refractivity contribution in [2.24, 2.45) is 18.9 Å². The lowest BCUT2D eigenvalue weighted by atomic mass is 9.89. The van der Waals surface area contributed by atoms with Crippen molar-refractivity contribution in [3.63, 3.8) is 0 Å². The summed E-state index contributed by atoms with van der Waals surface area (Å²) in [4.78, 5) is 11.9. The second kappa shape index (κ2) is 17.2. The van der Waals surface area contributed by atoms with Crippen molar-refractivity contribution in [1.82, 2.24) is 4.57 Å². The van der Waals surface area contributed by atoms with Crippen LogP contribution in [0.15, 0.2) is 12.5 Å². The molecule has 190 valence electrons. The maximum absolute atomic E-state index is 11.9. The van der Waals surface area contributed by atoms with Gasteiger partial charge in [0.15, 0.2) is 0 Å². The maximum atomic E-state index is 11.9. The van der Waals surface area contributed by atoms with Gasteiger partial charge in [0.1, 0.15) is 11.9 Å². The Morgan fingerprint density at radius 3 is 1.88 bits per heavy atom. The molecule has 0 aromatic carbocycles.